The Balaban J connectivity index is 2.09. The molecule has 2 aromatic rings. The maximum Gasteiger partial charge on any atom is 0.212 e. The first-order chi connectivity index (χ1) is 14.5. The molecule has 0 atom stereocenters. The van der Waals surface area contributed by atoms with Crippen LogP contribution in [0.2, 0.25) is 0 Å². The van der Waals surface area contributed by atoms with Gasteiger partial charge in [-0.15, -0.1) is 0 Å². The van der Waals surface area contributed by atoms with E-state index in [9.17, 15) is 14.9 Å². The molecule has 0 aromatic carbocycles. The summed E-state index contributed by atoms with van der Waals surface area (Å²) in [7, 11) is 0. The molecule has 2 heterocycles. The summed E-state index contributed by atoms with van der Waals surface area (Å²) in [5.41, 5.74) is -0.949. The van der Waals surface area contributed by atoms with Crippen molar-refractivity contribution in [2.45, 2.75) is 0 Å². The largest absolute Gasteiger partial charge is 0.290 e. The predicted octanol–water partition coefficient (Wildman–Crippen LogP) is 2.98. The van der Waals surface area contributed by atoms with Gasteiger partial charge in [0.05, 0.1) is 46.8 Å². The van der Waals surface area contributed by atoms with Crippen molar-refractivity contribution in [3.63, 3.8) is 0 Å². The van der Waals surface area contributed by atoms with Crippen molar-refractivity contribution in [1.82, 2.24) is 9.97 Å². The Bertz CT molecular complexity index is 1520. The molecule has 0 radical (unpaired) electrons. The molecule has 8 heteroatoms. The molecule has 0 unspecified atom stereocenters. The fourth-order valence-electron chi connectivity index (χ4n) is 3.33. The van der Waals surface area contributed by atoms with E-state index in [4.69, 9.17) is 18.4 Å². The standard InChI is InChI=1S/C22H6N6O2/c1-25-12-4-6-15(28-10-12)18-20(26-2)19-17(22(18)30)13(8-24)16(21(19)29)14-5-3-11(7-23)9-27-14/h3-6,9-10H. The topological polar surface area (TPSA) is 116 Å². The lowest BCUT2D eigenvalue weighted by Crippen LogP contribution is -2.05. The lowest BCUT2D eigenvalue weighted by molar-refractivity contribution is 1.29. The second-order valence-corrected chi connectivity index (χ2v) is 6.16. The first-order valence-corrected chi connectivity index (χ1v) is 8.36. The minimum Gasteiger partial charge on any atom is -0.290 e. The third-order valence-corrected chi connectivity index (χ3v) is 4.64. The predicted molar refractivity (Wildman–Crippen MR) is 105 cm³/mol. The Morgan fingerprint density at radius 1 is 0.800 bits per heavy atom. The van der Waals surface area contributed by atoms with Crippen LogP contribution in [0.25, 0.3) is 32.2 Å². The summed E-state index contributed by atoms with van der Waals surface area (Å²) >= 11 is 0. The Kier molecular flexibility index (Phi) is 4.10. The molecule has 0 aliphatic heterocycles. The first kappa shape index (κ1) is 18.2. The Morgan fingerprint density at radius 2 is 1.47 bits per heavy atom. The molecule has 0 bridgehead atoms. The summed E-state index contributed by atoms with van der Waals surface area (Å²) in [5, 5.41) is 18.3. The van der Waals surface area contributed by atoms with Crippen molar-refractivity contribution < 1.29 is 0 Å². The lowest BCUT2D eigenvalue weighted by Gasteiger charge is -2.00. The van der Waals surface area contributed by atoms with Crippen LogP contribution in [0.1, 0.15) is 11.1 Å². The summed E-state index contributed by atoms with van der Waals surface area (Å²) in [5.74, 6) is 0. The van der Waals surface area contributed by atoms with Gasteiger partial charge in [-0.1, -0.05) is 6.07 Å². The van der Waals surface area contributed by atoms with Gasteiger partial charge >= 0.3 is 0 Å². The summed E-state index contributed by atoms with van der Waals surface area (Å²) in [4.78, 5) is 41.0. The monoisotopic (exact) mass is 386 g/mol. The van der Waals surface area contributed by atoms with Gasteiger partial charge in [0.25, 0.3) is 0 Å². The zero-order chi connectivity index (χ0) is 21.4. The van der Waals surface area contributed by atoms with Gasteiger partial charge in [0, 0.05) is 22.8 Å². The highest BCUT2D eigenvalue weighted by atomic mass is 16.1. The molecule has 136 valence electrons. The first-order valence-electron chi connectivity index (χ1n) is 8.36. The van der Waals surface area contributed by atoms with Gasteiger partial charge in [-0.25, -0.2) is 9.69 Å². The molecule has 0 fully saturated rings. The second-order valence-electron chi connectivity index (χ2n) is 6.16. The van der Waals surface area contributed by atoms with Gasteiger partial charge in [0.1, 0.15) is 12.1 Å². The third-order valence-electron chi connectivity index (χ3n) is 4.64. The third kappa shape index (κ3) is 2.43. The summed E-state index contributed by atoms with van der Waals surface area (Å²) in [6, 6.07) is 9.55. The average Bonchev–Trinajstić information content (AvgIpc) is 3.25. The van der Waals surface area contributed by atoms with Crippen LogP contribution < -0.4 is 10.9 Å². The van der Waals surface area contributed by atoms with Gasteiger partial charge in [-0.3, -0.25) is 19.6 Å². The summed E-state index contributed by atoms with van der Waals surface area (Å²) in [6.45, 7) is 14.5. The quantitative estimate of drug-likeness (QED) is 0.489. The maximum absolute atomic E-state index is 13.1. The number of hydrogen-bond acceptors (Lipinski definition) is 6. The lowest BCUT2D eigenvalue weighted by atomic mass is 10.1. The highest BCUT2D eigenvalue weighted by Gasteiger charge is 2.27. The molecule has 30 heavy (non-hydrogen) atoms. The second kappa shape index (κ2) is 6.77. The SMILES string of the molecule is [C-]#[N+]c1ccc(-c2c([N+]#[C-])c3c(=O)c(-c4ccc(C#N)cn4)c(C#N)c=3c2=O)nc1. The normalized spacial score (nSPS) is 10.1. The highest BCUT2D eigenvalue weighted by Crippen LogP contribution is 2.32. The van der Waals surface area contributed by atoms with E-state index in [0.29, 0.717) is 0 Å². The van der Waals surface area contributed by atoms with Gasteiger partial charge in [-0.2, -0.15) is 10.5 Å². The van der Waals surface area contributed by atoms with E-state index in [0.717, 1.165) is 0 Å². The van der Waals surface area contributed by atoms with Crippen molar-refractivity contribution in [3.05, 3.63) is 102 Å². The molecule has 0 amide bonds. The van der Waals surface area contributed by atoms with Crippen molar-refractivity contribution in [2.75, 3.05) is 0 Å². The van der Waals surface area contributed by atoms with Gasteiger partial charge in [0.15, 0.2) is 10.9 Å². The Labute approximate surface area is 168 Å². The number of nitriles is 2. The fourth-order valence-corrected chi connectivity index (χ4v) is 3.33. The maximum atomic E-state index is 13.1. The number of aromatic nitrogens is 2. The molecule has 2 aliphatic rings. The van der Waals surface area contributed by atoms with Gasteiger partial charge < -0.3 is 0 Å². The van der Waals surface area contributed by atoms with Crippen LogP contribution in [0, 0.1) is 46.2 Å². The average molecular weight is 386 g/mol. The minimum absolute atomic E-state index is 0.0699. The molecular formula is C22H6N6O2. The molecule has 2 aromatic heterocycles. The van der Waals surface area contributed by atoms with Crippen LogP contribution >= 0.6 is 0 Å². The van der Waals surface area contributed by atoms with Gasteiger partial charge in [0.2, 0.25) is 11.4 Å². The number of hydrogen-bond donors (Lipinski definition) is 0. The van der Waals surface area contributed by atoms with Crippen LogP contribution in [0.3, 0.4) is 0 Å². The molecule has 0 saturated carbocycles. The molecule has 0 saturated heterocycles. The fraction of sp³-hybridized carbons (Fsp3) is 0. The van der Waals surface area contributed by atoms with E-state index in [1.54, 1.807) is 0 Å². The van der Waals surface area contributed by atoms with Crippen LogP contribution in [0.5, 0.6) is 0 Å². The van der Waals surface area contributed by atoms with E-state index in [-0.39, 0.29) is 55.5 Å². The van der Waals surface area contributed by atoms with Crippen molar-refractivity contribution >= 4 is 11.4 Å². The number of pyridine rings is 2. The molecule has 4 rings (SSSR count). The van der Waals surface area contributed by atoms with E-state index in [2.05, 4.69) is 19.7 Å². The van der Waals surface area contributed by atoms with Gasteiger partial charge in [-0.05, 0) is 18.2 Å². The molecule has 8 nitrogen and oxygen atoms in total. The zero-order valence-corrected chi connectivity index (χ0v) is 15.0. The van der Waals surface area contributed by atoms with Crippen LogP contribution in [0.4, 0.5) is 11.4 Å². The minimum atomic E-state index is -0.647. The molecule has 2 aliphatic carbocycles. The van der Waals surface area contributed by atoms with E-state index >= 15 is 0 Å². The van der Waals surface area contributed by atoms with Crippen molar-refractivity contribution in [1.29, 1.82) is 10.5 Å². The van der Waals surface area contributed by atoms with E-state index in [1.807, 2.05) is 12.1 Å². The van der Waals surface area contributed by atoms with E-state index < -0.39 is 10.9 Å². The highest BCUT2D eigenvalue weighted by molar-refractivity contribution is 5.83. The molecule has 0 spiro atoms. The Morgan fingerprint density at radius 3 is 2.00 bits per heavy atom. The number of rotatable bonds is 2. The molecular weight excluding hydrogens is 380 g/mol. The Hall–Kier alpha value is -5.18. The molecule has 0 N–H and O–H groups in total. The summed E-state index contributed by atoms with van der Waals surface area (Å²) in [6.07, 6.45) is 2.53. The van der Waals surface area contributed by atoms with Crippen LogP contribution in [-0.4, -0.2) is 9.97 Å². The summed E-state index contributed by atoms with van der Waals surface area (Å²) < 4.78 is 0. The number of nitrogens with zero attached hydrogens (tertiary/aromatic N) is 6. The van der Waals surface area contributed by atoms with Crippen molar-refractivity contribution in [2.24, 2.45) is 0 Å². The smallest absolute Gasteiger partial charge is 0.212 e. The zero-order valence-electron chi connectivity index (χ0n) is 15.0. The van der Waals surface area contributed by atoms with E-state index in [1.165, 1.54) is 36.7 Å². The van der Waals surface area contributed by atoms with Crippen LogP contribution in [-0.2, 0) is 0 Å². The van der Waals surface area contributed by atoms with Crippen LogP contribution in [0.15, 0.2) is 46.2 Å². The van der Waals surface area contributed by atoms with Crippen molar-refractivity contribution in [3.8, 4) is 34.7 Å².